The van der Waals surface area contributed by atoms with Crippen molar-refractivity contribution in [3.05, 3.63) is 59.1 Å². The van der Waals surface area contributed by atoms with Gasteiger partial charge in [-0.25, -0.2) is 8.42 Å². The molecule has 0 bridgehead atoms. The number of nitrogens with zero attached hydrogens (tertiary/aromatic N) is 1. The average molecular weight is 479 g/mol. The monoisotopic (exact) mass is 478 g/mol. The van der Waals surface area contributed by atoms with E-state index in [1.807, 2.05) is 0 Å². The highest BCUT2D eigenvalue weighted by Gasteiger charge is 2.52. The van der Waals surface area contributed by atoms with E-state index in [1.165, 1.54) is 28.6 Å². The van der Waals surface area contributed by atoms with Gasteiger partial charge in [0.15, 0.2) is 6.61 Å². The van der Waals surface area contributed by atoms with Crippen LogP contribution in [0, 0.1) is 0 Å². The van der Waals surface area contributed by atoms with Crippen LogP contribution in [0.4, 0.5) is 5.69 Å². The number of amides is 1. The third-order valence-electron chi connectivity index (χ3n) is 5.62. The molecule has 0 aromatic heterocycles. The maximum absolute atomic E-state index is 12.7. The molecule has 1 amide bonds. The Balaban J connectivity index is 1.31. The predicted octanol–water partition coefficient (Wildman–Crippen LogP) is 2.57. The lowest BCUT2D eigenvalue weighted by molar-refractivity contribution is -0.150. The number of ether oxygens (including phenoxy) is 2. The first-order valence-electron chi connectivity index (χ1n) is 10.2. The Morgan fingerprint density at radius 2 is 1.66 bits per heavy atom. The van der Waals surface area contributed by atoms with Gasteiger partial charge in [0.25, 0.3) is 5.91 Å². The molecular formula is C22H23ClN2O6S. The Labute approximate surface area is 191 Å². The van der Waals surface area contributed by atoms with Gasteiger partial charge >= 0.3 is 5.97 Å². The molecule has 2 aromatic carbocycles. The number of sulfonamides is 1. The van der Waals surface area contributed by atoms with Crippen molar-refractivity contribution >= 4 is 39.2 Å². The number of nitrogens with one attached hydrogen (secondary N) is 1. The molecule has 32 heavy (non-hydrogen) atoms. The number of benzene rings is 2. The van der Waals surface area contributed by atoms with Crippen LogP contribution in [0.1, 0.15) is 18.4 Å². The fourth-order valence-corrected chi connectivity index (χ4v) is 5.15. The quantitative estimate of drug-likeness (QED) is 0.614. The zero-order valence-corrected chi connectivity index (χ0v) is 18.8. The van der Waals surface area contributed by atoms with Gasteiger partial charge in [0, 0.05) is 23.8 Å². The van der Waals surface area contributed by atoms with E-state index in [-0.39, 0.29) is 4.90 Å². The molecule has 1 heterocycles. The number of hydrogen-bond acceptors (Lipinski definition) is 6. The number of morpholine rings is 1. The molecule has 10 heteroatoms. The Kier molecular flexibility index (Phi) is 6.52. The van der Waals surface area contributed by atoms with Crippen LogP contribution in [-0.4, -0.2) is 57.5 Å². The first-order valence-corrected chi connectivity index (χ1v) is 12.0. The summed E-state index contributed by atoms with van der Waals surface area (Å²) in [7, 11) is -3.60. The highest BCUT2D eigenvalue weighted by atomic mass is 35.5. The van der Waals surface area contributed by atoms with Crippen molar-refractivity contribution in [1.29, 1.82) is 0 Å². The summed E-state index contributed by atoms with van der Waals surface area (Å²) in [5.74, 6) is -0.948. The van der Waals surface area contributed by atoms with Crippen molar-refractivity contribution in [2.24, 2.45) is 0 Å². The van der Waals surface area contributed by atoms with E-state index in [0.717, 1.165) is 5.56 Å². The molecule has 8 nitrogen and oxygen atoms in total. The molecule has 0 spiro atoms. The highest BCUT2D eigenvalue weighted by Crippen LogP contribution is 2.49. The zero-order valence-electron chi connectivity index (χ0n) is 17.3. The summed E-state index contributed by atoms with van der Waals surface area (Å²) < 4.78 is 37.1. The first kappa shape index (κ1) is 22.7. The van der Waals surface area contributed by atoms with Gasteiger partial charge in [-0.15, -0.1) is 0 Å². The van der Waals surface area contributed by atoms with Gasteiger partial charge in [-0.1, -0.05) is 23.7 Å². The average Bonchev–Trinajstić information content (AvgIpc) is 3.61. The van der Waals surface area contributed by atoms with Gasteiger partial charge < -0.3 is 14.8 Å². The molecule has 1 saturated carbocycles. The van der Waals surface area contributed by atoms with Crippen LogP contribution in [0.25, 0.3) is 0 Å². The number of rotatable bonds is 7. The lowest BCUT2D eigenvalue weighted by Crippen LogP contribution is -2.40. The topological polar surface area (TPSA) is 102 Å². The minimum Gasteiger partial charge on any atom is -0.455 e. The van der Waals surface area contributed by atoms with Crippen LogP contribution >= 0.6 is 11.6 Å². The second kappa shape index (κ2) is 9.19. The molecule has 0 unspecified atom stereocenters. The van der Waals surface area contributed by atoms with Crippen molar-refractivity contribution in [2.75, 3.05) is 38.2 Å². The number of carbonyl (C=O) groups excluding carboxylic acids is 2. The first-order chi connectivity index (χ1) is 15.3. The summed E-state index contributed by atoms with van der Waals surface area (Å²) in [6.45, 7) is 0.923. The van der Waals surface area contributed by atoms with E-state index < -0.39 is 33.9 Å². The Hall–Kier alpha value is -2.46. The third kappa shape index (κ3) is 4.80. The molecule has 0 atom stereocenters. The smallest absolute Gasteiger partial charge is 0.317 e. The number of halogens is 1. The van der Waals surface area contributed by atoms with Crippen molar-refractivity contribution in [1.82, 2.24) is 4.31 Å². The SMILES string of the molecule is O=C(COC(=O)C1(c2ccc(Cl)cc2)CC1)Nc1ccc(S(=O)(=O)N2CCOCC2)cc1. The van der Waals surface area contributed by atoms with Crippen molar-refractivity contribution < 1.29 is 27.5 Å². The van der Waals surface area contributed by atoms with E-state index >= 15 is 0 Å². The summed E-state index contributed by atoms with van der Waals surface area (Å²) in [6.07, 6.45) is 1.32. The maximum atomic E-state index is 12.7. The van der Waals surface area contributed by atoms with Crippen molar-refractivity contribution in [3.63, 3.8) is 0 Å². The zero-order chi connectivity index (χ0) is 22.8. The predicted molar refractivity (Wildman–Crippen MR) is 118 cm³/mol. The molecule has 1 saturated heterocycles. The van der Waals surface area contributed by atoms with E-state index in [9.17, 15) is 18.0 Å². The minimum atomic E-state index is -3.60. The molecule has 1 N–H and O–H groups in total. The summed E-state index contributed by atoms with van der Waals surface area (Å²) in [5, 5.41) is 3.20. The summed E-state index contributed by atoms with van der Waals surface area (Å²) in [6, 6.07) is 12.9. The fraction of sp³-hybridized carbons (Fsp3) is 0.364. The van der Waals surface area contributed by atoms with Crippen LogP contribution in [-0.2, 0) is 34.5 Å². The molecule has 2 aliphatic rings. The van der Waals surface area contributed by atoms with Crippen LogP contribution in [0.3, 0.4) is 0 Å². The van der Waals surface area contributed by atoms with Crippen LogP contribution in [0.15, 0.2) is 53.4 Å². The Bertz CT molecular complexity index is 1090. The highest BCUT2D eigenvalue weighted by molar-refractivity contribution is 7.89. The summed E-state index contributed by atoms with van der Waals surface area (Å²) in [4.78, 5) is 24.9. The second-order valence-corrected chi connectivity index (χ2v) is 10.1. The number of hydrogen-bond donors (Lipinski definition) is 1. The standard InChI is InChI=1S/C22H23ClN2O6S/c23-17-3-1-16(2-4-17)22(9-10-22)21(27)31-15-20(26)24-18-5-7-19(8-6-18)32(28,29)25-11-13-30-14-12-25/h1-8H,9-15H2,(H,24,26). The van der Waals surface area contributed by atoms with Gasteiger partial charge in [-0.2, -0.15) is 4.31 Å². The number of carbonyl (C=O) groups is 2. The van der Waals surface area contributed by atoms with Crippen LogP contribution in [0.5, 0.6) is 0 Å². The van der Waals surface area contributed by atoms with Gasteiger partial charge in [0.2, 0.25) is 10.0 Å². The summed E-state index contributed by atoms with van der Waals surface area (Å²) >= 11 is 5.91. The fourth-order valence-electron chi connectivity index (χ4n) is 3.62. The largest absolute Gasteiger partial charge is 0.455 e. The third-order valence-corrected chi connectivity index (χ3v) is 7.78. The van der Waals surface area contributed by atoms with Gasteiger partial charge in [-0.05, 0) is 54.8 Å². The number of anilines is 1. The normalized spacial score (nSPS) is 18.0. The van der Waals surface area contributed by atoms with Crippen molar-refractivity contribution in [2.45, 2.75) is 23.2 Å². The van der Waals surface area contributed by atoms with E-state index in [0.29, 0.717) is 49.9 Å². The molecular weight excluding hydrogens is 456 g/mol. The lowest BCUT2D eigenvalue weighted by Gasteiger charge is -2.26. The molecule has 0 radical (unpaired) electrons. The Morgan fingerprint density at radius 1 is 1.03 bits per heavy atom. The lowest BCUT2D eigenvalue weighted by atomic mass is 9.96. The van der Waals surface area contributed by atoms with E-state index in [1.54, 1.807) is 24.3 Å². The van der Waals surface area contributed by atoms with Crippen LogP contribution in [0.2, 0.25) is 5.02 Å². The molecule has 170 valence electrons. The van der Waals surface area contributed by atoms with E-state index in [2.05, 4.69) is 5.32 Å². The van der Waals surface area contributed by atoms with Gasteiger partial charge in [0.1, 0.15) is 0 Å². The second-order valence-electron chi connectivity index (χ2n) is 7.75. The molecule has 1 aliphatic heterocycles. The van der Waals surface area contributed by atoms with Gasteiger partial charge in [0.05, 0.1) is 23.5 Å². The number of esters is 1. The molecule has 2 aromatic rings. The maximum Gasteiger partial charge on any atom is 0.317 e. The Morgan fingerprint density at radius 3 is 2.25 bits per heavy atom. The molecule has 2 fully saturated rings. The van der Waals surface area contributed by atoms with Gasteiger partial charge in [-0.3, -0.25) is 9.59 Å². The minimum absolute atomic E-state index is 0.141. The van der Waals surface area contributed by atoms with E-state index in [4.69, 9.17) is 21.1 Å². The molecule has 4 rings (SSSR count). The van der Waals surface area contributed by atoms with Crippen LogP contribution < -0.4 is 5.32 Å². The summed E-state index contributed by atoms with van der Waals surface area (Å²) in [5.41, 5.74) is 0.524. The van der Waals surface area contributed by atoms with Crippen molar-refractivity contribution in [3.8, 4) is 0 Å². The molecule has 1 aliphatic carbocycles.